The molecule has 0 amide bonds. The van der Waals surface area contributed by atoms with E-state index in [1.165, 1.54) is 30.4 Å². The molecule has 1 atom stereocenters. The standard InChI is InChI=1S/C18H30/c1-7-15(13-14(3)4)16-9-11-17(12-10-16)18(5,6)8-2/h9-12,14-15H,7-8,13H2,1-6H3. The molecule has 0 bridgehead atoms. The second-order valence-corrected chi connectivity index (χ2v) is 6.59. The zero-order valence-corrected chi connectivity index (χ0v) is 13.1. The molecular formula is C18H30. The zero-order valence-electron chi connectivity index (χ0n) is 13.1. The predicted molar refractivity (Wildman–Crippen MR) is 82.2 cm³/mol. The Morgan fingerprint density at radius 3 is 1.94 bits per heavy atom. The summed E-state index contributed by atoms with van der Waals surface area (Å²) in [4.78, 5) is 0. The molecule has 1 rings (SSSR count). The van der Waals surface area contributed by atoms with Crippen LogP contribution in [0.5, 0.6) is 0 Å². The van der Waals surface area contributed by atoms with Gasteiger partial charge in [0, 0.05) is 0 Å². The molecule has 0 aliphatic rings. The highest BCUT2D eigenvalue weighted by atomic mass is 14.2. The molecule has 0 aliphatic heterocycles. The fourth-order valence-corrected chi connectivity index (χ4v) is 2.52. The monoisotopic (exact) mass is 246 g/mol. The van der Waals surface area contributed by atoms with Gasteiger partial charge in [0.1, 0.15) is 0 Å². The fourth-order valence-electron chi connectivity index (χ4n) is 2.52. The van der Waals surface area contributed by atoms with Crippen LogP contribution in [0.1, 0.15) is 77.8 Å². The summed E-state index contributed by atoms with van der Waals surface area (Å²) < 4.78 is 0. The van der Waals surface area contributed by atoms with Crippen molar-refractivity contribution < 1.29 is 0 Å². The normalized spacial score (nSPS) is 13.9. The molecule has 0 aliphatic carbocycles. The third kappa shape index (κ3) is 3.86. The van der Waals surface area contributed by atoms with Crippen LogP contribution in [0.25, 0.3) is 0 Å². The molecule has 0 heteroatoms. The Balaban J connectivity index is 2.87. The first kappa shape index (κ1) is 15.3. The van der Waals surface area contributed by atoms with Gasteiger partial charge in [0.15, 0.2) is 0 Å². The quantitative estimate of drug-likeness (QED) is 0.585. The van der Waals surface area contributed by atoms with E-state index in [1.54, 1.807) is 0 Å². The van der Waals surface area contributed by atoms with Crippen LogP contribution in [0.2, 0.25) is 0 Å². The first-order valence-electron chi connectivity index (χ1n) is 7.51. The van der Waals surface area contributed by atoms with Crippen molar-refractivity contribution in [3.05, 3.63) is 35.4 Å². The molecule has 1 aromatic rings. The first-order chi connectivity index (χ1) is 8.40. The maximum Gasteiger partial charge on any atom is -0.0106 e. The van der Waals surface area contributed by atoms with Crippen molar-refractivity contribution in [1.29, 1.82) is 0 Å². The second kappa shape index (κ2) is 6.41. The third-order valence-electron chi connectivity index (χ3n) is 4.30. The Labute approximate surface area is 114 Å². The van der Waals surface area contributed by atoms with Gasteiger partial charge in [-0.25, -0.2) is 0 Å². The molecule has 18 heavy (non-hydrogen) atoms. The van der Waals surface area contributed by atoms with Crippen molar-refractivity contribution in [3.8, 4) is 0 Å². The van der Waals surface area contributed by atoms with Crippen LogP contribution in [0.4, 0.5) is 0 Å². The minimum absolute atomic E-state index is 0.304. The summed E-state index contributed by atoms with van der Waals surface area (Å²) in [6, 6.07) is 9.37. The van der Waals surface area contributed by atoms with Crippen LogP contribution < -0.4 is 0 Å². The molecule has 0 N–H and O–H groups in total. The SMILES string of the molecule is CCC(CC(C)C)c1ccc(C(C)(C)CC)cc1. The molecule has 0 nitrogen and oxygen atoms in total. The molecule has 102 valence electrons. The summed E-state index contributed by atoms with van der Waals surface area (Å²) >= 11 is 0. The van der Waals surface area contributed by atoms with E-state index in [-0.39, 0.29) is 0 Å². The smallest absolute Gasteiger partial charge is 0.0106 e. The lowest BCUT2D eigenvalue weighted by Crippen LogP contribution is -2.15. The maximum atomic E-state index is 2.35. The van der Waals surface area contributed by atoms with Crippen molar-refractivity contribution in [2.24, 2.45) is 5.92 Å². The largest absolute Gasteiger partial charge is 0.0648 e. The Bertz CT molecular complexity index is 343. The van der Waals surface area contributed by atoms with E-state index in [0.717, 1.165) is 11.8 Å². The van der Waals surface area contributed by atoms with Gasteiger partial charge in [-0.2, -0.15) is 0 Å². The van der Waals surface area contributed by atoms with Crippen LogP contribution in [0.15, 0.2) is 24.3 Å². The van der Waals surface area contributed by atoms with Crippen LogP contribution in [0, 0.1) is 5.92 Å². The van der Waals surface area contributed by atoms with Crippen molar-refractivity contribution in [1.82, 2.24) is 0 Å². The Morgan fingerprint density at radius 1 is 1.00 bits per heavy atom. The van der Waals surface area contributed by atoms with Crippen molar-refractivity contribution in [3.63, 3.8) is 0 Å². The summed E-state index contributed by atoms with van der Waals surface area (Å²) in [6.45, 7) is 13.9. The lowest BCUT2D eigenvalue weighted by atomic mass is 9.80. The predicted octanol–water partition coefficient (Wildman–Crippen LogP) is 5.91. The number of rotatable bonds is 6. The Morgan fingerprint density at radius 2 is 1.56 bits per heavy atom. The van der Waals surface area contributed by atoms with Gasteiger partial charge in [-0.3, -0.25) is 0 Å². The molecule has 0 heterocycles. The summed E-state index contributed by atoms with van der Waals surface area (Å²) in [6.07, 6.45) is 3.73. The maximum absolute atomic E-state index is 2.35. The van der Waals surface area contributed by atoms with Crippen molar-refractivity contribution in [2.75, 3.05) is 0 Å². The molecule has 0 saturated heterocycles. The van der Waals surface area contributed by atoms with Gasteiger partial charge in [0.05, 0.1) is 0 Å². The molecule has 1 aromatic carbocycles. The highest BCUT2D eigenvalue weighted by Gasteiger charge is 2.18. The van der Waals surface area contributed by atoms with Crippen LogP contribution >= 0.6 is 0 Å². The van der Waals surface area contributed by atoms with E-state index in [9.17, 15) is 0 Å². The van der Waals surface area contributed by atoms with E-state index in [2.05, 4.69) is 65.8 Å². The van der Waals surface area contributed by atoms with E-state index in [1.807, 2.05) is 0 Å². The van der Waals surface area contributed by atoms with E-state index in [0.29, 0.717) is 5.41 Å². The number of hydrogen-bond acceptors (Lipinski definition) is 0. The molecule has 0 spiro atoms. The van der Waals surface area contributed by atoms with Crippen LogP contribution in [-0.2, 0) is 5.41 Å². The topological polar surface area (TPSA) is 0 Å². The first-order valence-corrected chi connectivity index (χ1v) is 7.51. The lowest BCUT2D eigenvalue weighted by Gasteiger charge is -2.24. The van der Waals surface area contributed by atoms with E-state index >= 15 is 0 Å². The summed E-state index contributed by atoms with van der Waals surface area (Å²) in [5.41, 5.74) is 3.29. The minimum atomic E-state index is 0.304. The Kier molecular flexibility index (Phi) is 5.44. The summed E-state index contributed by atoms with van der Waals surface area (Å²) in [7, 11) is 0. The highest BCUT2D eigenvalue weighted by Crippen LogP contribution is 2.31. The fraction of sp³-hybridized carbons (Fsp3) is 0.667. The van der Waals surface area contributed by atoms with Crippen LogP contribution in [-0.4, -0.2) is 0 Å². The van der Waals surface area contributed by atoms with Crippen molar-refractivity contribution >= 4 is 0 Å². The molecular weight excluding hydrogens is 216 g/mol. The van der Waals surface area contributed by atoms with Gasteiger partial charge in [-0.05, 0) is 47.6 Å². The van der Waals surface area contributed by atoms with Crippen LogP contribution in [0.3, 0.4) is 0 Å². The molecule has 0 aromatic heterocycles. The van der Waals surface area contributed by atoms with Gasteiger partial charge in [-0.15, -0.1) is 0 Å². The molecule has 1 unspecified atom stereocenters. The van der Waals surface area contributed by atoms with E-state index < -0.39 is 0 Å². The summed E-state index contributed by atoms with van der Waals surface area (Å²) in [5, 5.41) is 0. The average molecular weight is 246 g/mol. The second-order valence-electron chi connectivity index (χ2n) is 6.59. The highest BCUT2D eigenvalue weighted by molar-refractivity contribution is 5.30. The van der Waals surface area contributed by atoms with Gasteiger partial charge >= 0.3 is 0 Å². The van der Waals surface area contributed by atoms with Gasteiger partial charge < -0.3 is 0 Å². The molecule has 0 radical (unpaired) electrons. The Hall–Kier alpha value is -0.780. The number of hydrogen-bond donors (Lipinski definition) is 0. The van der Waals surface area contributed by atoms with Gasteiger partial charge in [0.25, 0.3) is 0 Å². The molecule has 0 saturated carbocycles. The zero-order chi connectivity index (χ0) is 13.8. The average Bonchev–Trinajstić information content (AvgIpc) is 2.36. The lowest BCUT2D eigenvalue weighted by molar-refractivity contribution is 0.487. The van der Waals surface area contributed by atoms with Gasteiger partial charge in [0.2, 0.25) is 0 Å². The molecule has 0 fully saturated rings. The summed E-state index contributed by atoms with van der Waals surface area (Å²) in [5.74, 6) is 1.51. The van der Waals surface area contributed by atoms with E-state index in [4.69, 9.17) is 0 Å². The van der Waals surface area contributed by atoms with Gasteiger partial charge in [-0.1, -0.05) is 65.8 Å². The van der Waals surface area contributed by atoms with Crippen molar-refractivity contribution in [2.45, 2.75) is 72.1 Å². The minimum Gasteiger partial charge on any atom is -0.0648 e. The number of benzene rings is 1. The third-order valence-corrected chi connectivity index (χ3v) is 4.30.